The van der Waals surface area contributed by atoms with Gasteiger partial charge in [0.1, 0.15) is 0 Å². The van der Waals surface area contributed by atoms with Crippen LogP contribution in [0.4, 0.5) is 0 Å². The molecule has 1 aliphatic rings. The van der Waals surface area contributed by atoms with Crippen molar-refractivity contribution in [3.63, 3.8) is 0 Å². The van der Waals surface area contributed by atoms with Crippen LogP contribution < -0.4 is 5.32 Å². The molecule has 1 unspecified atom stereocenters. The molecule has 2 N–H and O–H groups in total. The predicted molar refractivity (Wildman–Crippen MR) is 133 cm³/mol. The van der Waals surface area contributed by atoms with Crippen molar-refractivity contribution in [3.05, 3.63) is 120 Å². The molecule has 1 fully saturated rings. The maximum Gasteiger partial charge on any atom is 0.231 e. The molecule has 0 spiro atoms. The first-order chi connectivity index (χ1) is 16.8. The Morgan fingerprint density at radius 1 is 0.853 bits per heavy atom. The molecule has 3 aromatic carbocycles. The number of hydrogen-bond acceptors (Lipinski definition) is 5. The van der Waals surface area contributed by atoms with Gasteiger partial charge in [0.15, 0.2) is 0 Å². The van der Waals surface area contributed by atoms with Crippen LogP contribution >= 0.6 is 0 Å². The number of aromatic nitrogens is 2. The van der Waals surface area contributed by atoms with Gasteiger partial charge >= 0.3 is 0 Å². The van der Waals surface area contributed by atoms with Crippen molar-refractivity contribution >= 4 is 0 Å². The summed E-state index contributed by atoms with van der Waals surface area (Å²) >= 11 is 0. The minimum Gasteiger partial charge on any atom is -0.427 e. The summed E-state index contributed by atoms with van der Waals surface area (Å²) in [6, 6.07) is 31.1. The first kappa shape index (κ1) is 22.5. The second kappa shape index (κ2) is 9.92. The summed E-state index contributed by atoms with van der Waals surface area (Å²) in [6.45, 7) is 1.80. The molecule has 0 radical (unpaired) electrons. The zero-order valence-corrected chi connectivity index (χ0v) is 19.3. The standard InChI is InChI=1S/C29H31N3O2/c33-26(28(18-20-30-21-19-28)23-10-4-1-5-11-23)16-17-29(27-32-31-22-34-27,24-12-6-2-7-13-24)25-14-8-3-9-15-25/h1-15,22,26,30,33H,16-21H2. The summed E-state index contributed by atoms with van der Waals surface area (Å²) < 4.78 is 5.88. The Labute approximate surface area is 200 Å². The average Bonchev–Trinajstić information content (AvgIpc) is 3.46. The van der Waals surface area contributed by atoms with Crippen molar-refractivity contribution < 1.29 is 9.52 Å². The van der Waals surface area contributed by atoms with Gasteiger partial charge in [-0.15, -0.1) is 10.2 Å². The van der Waals surface area contributed by atoms with E-state index in [-0.39, 0.29) is 5.41 Å². The molecule has 1 aromatic heterocycles. The molecule has 1 saturated heterocycles. The van der Waals surface area contributed by atoms with Crippen LogP contribution in [0.25, 0.3) is 0 Å². The molecule has 1 aliphatic heterocycles. The van der Waals surface area contributed by atoms with Gasteiger partial charge in [-0.25, -0.2) is 0 Å². The fourth-order valence-corrected chi connectivity index (χ4v) is 5.70. The van der Waals surface area contributed by atoms with E-state index in [4.69, 9.17) is 4.42 Å². The molecular formula is C29H31N3O2. The number of hydrogen-bond donors (Lipinski definition) is 2. The smallest absolute Gasteiger partial charge is 0.231 e. The second-order valence-corrected chi connectivity index (χ2v) is 9.21. The number of rotatable bonds is 8. The van der Waals surface area contributed by atoms with E-state index in [1.165, 1.54) is 12.0 Å². The van der Waals surface area contributed by atoms with E-state index in [1.807, 2.05) is 42.5 Å². The Balaban J connectivity index is 1.56. The fraction of sp³-hybridized carbons (Fsp3) is 0.310. The van der Waals surface area contributed by atoms with Gasteiger partial charge in [-0.1, -0.05) is 91.0 Å². The van der Waals surface area contributed by atoms with E-state index >= 15 is 0 Å². The summed E-state index contributed by atoms with van der Waals surface area (Å²) in [4.78, 5) is 0. The summed E-state index contributed by atoms with van der Waals surface area (Å²) in [6.07, 6.45) is 3.94. The summed E-state index contributed by atoms with van der Waals surface area (Å²) in [5.41, 5.74) is 2.45. The highest BCUT2D eigenvalue weighted by molar-refractivity contribution is 5.45. The van der Waals surface area contributed by atoms with E-state index in [1.54, 1.807) is 0 Å². The van der Waals surface area contributed by atoms with Crippen molar-refractivity contribution in [1.29, 1.82) is 0 Å². The van der Waals surface area contributed by atoms with Crippen molar-refractivity contribution in [2.24, 2.45) is 0 Å². The topological polar surface area (TPSA) is 71.2 Å². The molecule has 0 aliphatic carbocycles. The van der Waals surface area contributed by atoms with Gasteiger partial charge in [0.25, 0.3) is 0 Å². The molecule has 34 heavy (non-hydrogen) atoms. The molecule has 1 atom stereocenters. The largest absolute Gasteiger partial charge is 0.427 e. The van der Waals surface area contributed by atoms with Crippen molar-refractivity contribution in [2.45, 2.75) is 42.6 Å². The summed E-state index contributed by atoms with van der Waals surface area (Å²) in [7, 11) is 0. The Kier molecular flexibility index (Phi) is 6.57. The van der Waals surface area contributed by atoms with Crippen molar-refractivity contribution in [2.75, 3.05) is 13.1 Å². The highest BCUT2D eigenvalue weighted by Crippen LogP contribution is 2.45. The van der Waals surface area contributed by atoms with Gasteiger partial charge in [-0.3, -0.25) is 0 Å². The first-order valence-corrected chi connectivity index (χ1v) is 12.1. The number of nitrogens with one attached hydrogen (secondary N) is 1. The zero-order valence-electron chi connectivity index (χ0n) is 19.3. The molecule has 0 amide bonds. The van der Waals surface area contributed by atoms with E-state index in [0.29, 0.717) is 18.7 Å². The lowest BCUT2D eigenvalue weighted by Gasteiger charge is -2.43. The molecule has 2 heterocycles. The van der Waals surface area contributed by atoms with Crippen LogP contribution in [0.1, 0.15) is 48.3 Å². The van der Waals surface area contributed by atoms with Gasteiger partial charge in [0, 0.05) is 5.41 Å². The number of aliphatic hydroxyl groups is 1. The van der Waals surface area contributed by atoms with Gasteiger partial charge in [0.2, 0.25) is 12.3 Å². The number of aliphatic hydroxyl groups excluding tert-OH is 1. The lowest BCUT2D eigenvalue weighted by Crippen LogP contribution is -2.48. The molecule has 0 saturated carbocycles. The molecule has 5 rings (SSSR count). The van der Waals surface area contributed by atoms with E-state index in [9.17, 15) is 5.11 Å². The summed E-state index contributed by atoms with van der Waals surface area (Å²) in [5.74, 6) is 0.552. The third-order valence-electron chi connectivity index (χ3n) is 7.53. The number of nitrogens with zero attached hydrogens (tertiary/aromatic N) is 2. The predicted octanol–water partition coefficient (Wildman–Crippen LogP) is 4.87. The quantitative estimate of drug-likeness (QED) is 0.398. The van der Waals surface area contributed by atoms with Gasteiger partial charge in [-0.05, 0) is 55.5 Å². The van der Waals surface area contributed by atoms with E-state index < -0.39 is 11.5 Å². The highest BCUT2D eigenvalue weighted by Gasteiger charge is 2.45. The van der Waals surface area contributed by atoms with Crippen LogP contribution in [-0.2, 0) is 10.8 Å². The van der Waals surface area contributed by atoms with Crippen LogP contribution in [0.2, 0.25) is 0 Å². The van der Waals surface area contributed by atoms with Gasteiger partial charge < -0.3 is 14.8 Å². The maximum atomic E-state index is 11.8. The van der Waals surface area contributed by atoms with E-state index in [2.05, 4.69) is 64.0 Å². The molecular weight excluding hydrogens is 422 g/mol. The Morgan fingerprint density at radius 2 is 1.41 bits per heavy atom. The lowest BCUT2D eigenvalue weighted by atomic mass is 9.65. The molecule has 0 bridgehead atoms. The third-order valence-corrected chi connectivity index (χ3v) is 7.53. The van der Waals surface area contributed by atoms with Gasteiger partial charge in [-0.2, -0.15) is 0 Å². The van der Waals surface area contributed by atoms with Crippen LogP contribution in [0, 0.1) is 0 Å². The third kappa shape index (κ3) is 4.06. The lowest BCUT2D eigenvalue weighted by molar-refractivity contribution is 0.0459. The van der Waals surface area contributed by atoms with Crippen LogP contribution in [0.5, 0.6) is 0 Å². The molecule has 4 aromatic rings. The average molecular weight is 454 g/mol. The Bertz CT molecular complexity index is 1100. The Hall–Kier alpha value is -3.28. The maximum absolute atomic E-state index is 11.8. The molecule has 5 nitrogen and oxygen atoms in total. The van der Waals surface area contributed by atoms with Gasteiger partial charge in [0.05, 0.1) is 11.5 Å². The van der Waals surface area contributed by atoms with Crippen LogP contribution in [-0.4, -0.2) is 34.5 Å². The summed E-state index contributed by atoms with van der Waals surface area (Å²) in [5, 5.41) is 23.7. The first-order valence-electron chi connectivity index (χ1n) is 12.1. The molecule has 174 valence electrons. The fourth-order valence-electron chi connectivity index (χ4n) is 5.70. The number of piperidine rings is 1. The zero-order chi connectivity index (χ0) is 23.3. The van der Waals surface area contributed by atoms with Crippen molar-refractivity contribution in [3.8, 4) is 0 Å². The minimum atomic E-state index is -0.648. The normalized spacial score (nSPS) is 16.7. The van der Waals surface area contributed by atoms with E-state index in [0.717, 1.165) is 37.1 Å². The highest BCUT2D eigenvalue weighted by atomic mass is 16.4. The second-order valence-electron chi connectivity index (χ2n) is 9.21. The minimum absolute atomic E-state index is 0.277. The van der Waals surface area contributed by atoms with Crippen LogP contribution in [0.3, 0.4) is 0 Å². The van der Waals surface area contributed by atoms with Crippen molar-refractivity contribution in [1.82, 2.24) is 15.5 Å². The monoisotopic (exact) mass is 453 g/mol. The number of benzene rings is 3. The SMILES string of the molecule is OC(CCC(c1ccccc1)(c1ccccc1)c1nnco1)C1(c2ccccc2)CCNCC1. The Morgan fingerprint density at radius 3 is 1.94 bits per heavy atom. The van der Waals surface area contributed by atoms with Crippen LogP contribution in [0.15, 0.2) is 102 Å². The molecule has 5 heteroatoms.